The molecule has 0 aromatic heterocycles. The second-order valence-electron chi connectivity index (χ2n) is 5.90. The predicted molar refractivity (Wildman–Crippen MR) is 78.1 cm³/mol. The lowest BCUT2D eigenvalue weighted by Crippen LogP contribution is -2.50. The molecule has 1 aromatic rings. The maximum absolute atomic E-state index is 6.51. The Morgan fingerprint density at radius 3 is 2.22 bits per heavy atom. The quantitative estimate of drug-likeness (QED) is 0.883. The molecule has 3 nitrogen and oxygen atoms in total. The monoisotopic (exact) mass is 247 g/mol. The van der Waals surface area contributed by atoms with Gasteiger partial charge in [0, 0.05) is 25.3 Å². The summed E-state index contributed by atoms with van der Waals surface area (Å²) in [5.74, 6) is 0. The van der Waals surface area contributed by atoms with Crippen molar-refractivity contribution in [3.8, 4) is 0 Å². The van der Waals surface area contributed by atoms with Crippen LogP contribution in [0.5, 0.6) is 0 Å². The summed E-state index contributed by atoms with van der Waals surface area (Å²) in [5.41, 5.74) is 9.10. The lowest BCUT2D eigenvalue weighted by Gasteiger charge is -2.38. The van der Waals surface area contributed by atoms with E-state index in [9.17, 15) is 0 Å². The normalized spacial score (nSPS) is 19.8. The van der Waals surface area contributed by atoms with Crippen molar-refractivity contribution >= 4 is 5.69 Å². The molecule has 3 heteroatoms. The Morgan fingerprint density at radius 1 is 1.17 bits per heavy atom. The van der Waals surface area contributed by atoms with E-state index in [1.54, 1.807) is 0 Å². The summed E-state index contributed by atoms with van der Waals surface area (Å²) < 4.78 is 0. The van der Waals surface area contributed by atoms with Crippen molar-refractivity contribution in [3.05, 3.63) is 29.8 Å². The van der Waals surface area contributed by atoms with Gasteiger partial charge in [0.15, 0.2) is 0 Å². The third-order valence-electron chi connectivity index (χ3n) is 3.99. The zero-order valence-electron chi connectivity index (χ0n) is 11.8. The fourth-order valence-electron chi connectivity index (χ4n) is 2.56. The van der Waals surface area contributed by atoms with Crippen molar-refractivity contribution in [2.75, 3.05) is 39.1 Å². The first-order valence-corrected chi connectivity index (χ1v) is 6.72. The van der Waals surface area contributed by atoms with E-state index in [2.05, 4.69) is 55.2 Å². The third-order valence-corrected chi connectivity index (χ3v) is 3.99. The molecule has 1 saturated heterocycles. The van der Waals surface area contributed by atoms with E-state index < -0.39 is 0 Å². The summed E-state index contributed by atoms with van der Waals surface area (Å²) in [5, 5.41) is 0. The van der Waals surface area contributed by atoms with Crippen LogP contribution in [0, 0.1) is 0 Å². The summed E-state index contributed by atoms with van der Waals surface area (Å²) in [6.07, 6.45) is 3.19. The van der Waals surface area contributed by atoms with Crippen LogP contribution in [-0.4, -0.2) is 44.7 Å². The molecule has 2 N–H and O–H groups in total. The first kappa shape index (κ1) is 13.4. The van der Waals surface area contributed by atoms with Crippen LogP contribution in [0.15, 0.2) is 24.3 Å². The van der Waals surface area contributed by atoms with Crippen molar-refractivity contribution < 1.29 is 0 Å². The van der Waals surface area contributed by atoms with E-state index in [1.165, 1.54) is 11.3 Å². The molecule has 100 valence electrons. The van der Waals surface area contributed by atoms with Crippen LogP contribution in [0.4, 0.5) is 5.69 Å². The van der Waals surface area contributed by atoms with E-state index in [4.69, 9.17) is 5.73 Å². The number of benzene rings is 1. The zero-order chi connectivity index (χ0) is 13.2. The number of hydrogen-bond donors (Lipinski definition) is 1. The summed E-state index contributed by atoms with van der Waals surface area (Å²) in [6.45, 7) is 2.23. The van der Waals surface area contributed by atoms with Crippen molar-refractivity contribution in [2.45, 2.75) is 24.8 Å². The van der Waals surface area contributed by atoms with E-state index in [1.807, 2.05) is 0 Å². The minimum absolute atomic E-state index is 0.00779. The molecule has 1 heterocycles. The minimum Gasteiger partial charge on any atom is -0.378 e. The van der Waals surface area contributed by atoms with Crippen molar-refractivity contribution in [3.63, 3.8) is 0 Å². The molecule has 18 heavy (non-hydrogen) atoms. The number of rotatable bonds is 3. The first-order chi connectivity index (χ1) is 8.48. The smallest absolute Gasteiger partial charge is 0.0361 e. The number of nitrogens with two attached hydrogens (primary N) is 1. The number of anilines is 1. The average Bonchev–Trinajstić information content (AvgIpc) is 2.34. The van der Waals surface area contributed by atoms with Gasteiger partial charge in [-0.25, -0.2) is 0 Å². The van der Waals surface area contributed by atoms with Crippen LogP contribution < -0.4 is 10.6 Å². The predicted octanol–water partition coefficient (Wildman–Crippen LogP) is 1.72. The SMILES string of the molecule is CN1CCC(N)(Cc2ccc(N(C)C)cc2)CC1. The second-order valence-corrected chi connectivity index (χ2v) is 5.90. The van der Waals surface area contributed by atoms with Crippen molar-refractivity contribution in [1.29, 1.82) is 0 Å². The molecule has 0 bridgehead atoms. The molecule has 1 aliphatic rings. The molecule has 1 fully saturated rings. The van der Waals surface area contributed by atoms with Crippen LogP contribution >= 0.6 is 0 Å². The molecule has 0 atom stereocenters. The van der Waals surface area contributed by atoms with Gasteiger partial charge in [-0.3, -0.25) is 0 Å². The highest BCUT2D eigenvalue weighted by molar-refractivity contribution is 5.46. The molecule has 0 amide bonds. The molecule has 0 radical (unpaired) electrons. The summed E-state index contributed by atoms with van der Waals surface area (Å²) in [6, 6.07) is 8.77. The average molecular weight is 247 g/mol. The Morgan fingerprint density at radius 2 is 1.72 bits per heavy atom. The minimum atomic E-state index is -0.00779. The number of likely N-dealkylation sites (tertiary alicyclic amines) is 1. The Bertz CT molecular complexity index is 375. The maximum atomic E-state index is 6.51. The Balaban J connectivity index is 2.00. The fraction of sp³-hybridized carbons (Fsp3) is 0.600. The van der Waals surface area contributed by atoms with Gasteiger partial charge in [-0.1, -0.05) is 12.1 Å². The molecule has 1 aliphatic heterocycles. The maximum Gasteiger partial charge on any atom is 0.0361 e. The number of piperidine rings is 1. The highest BCUT2D eigenvalue weighted by Gasteiger charge is 2.29. The highest BCUT2D eigenvalue weighted by atomic mass is 15.1. The molecule has 1 aromatic carbocycles. The van der Waals surface area contributed by atoms with E-state index >= 15 is 0 Å². The Labute approximate surface area is 111 Å². The zero-order valence-corrected chi connectivity index (χ0v) is 11.8. The van der Waals surface area contributed by atoms with Gasteiger partial charge in [-0.2, -0.15) is 0 Å². The third kappa shape index (κ3) is 3.24. The van der Waals surface area contributed by atoms with Gasteiger partial charge in [0.25, 0.3) is 0 Å². The summed E-state index contributed by atoms with van der Waals surface area (Å²) in [4.78, 5) is 4.48. The van der Waals surface area contributed by atoms with Crippen LogP contribution in [0.3, 0.4) is 0 Å². The standard InChI is InChI=1S/C15H25N3/c1-17(2)14-6-4-13(5-7-14)12-15(16)8-10-18(3)11-9-15/h4-7H,8-12,16H2,1-3H3. The lowest BCUT2D eigenvalue weighted by molar-refractivity contribution is 0.190. The van der Waals surface area contributed by atoms with E-state index in [0.29, 0.717) is 0 Å². The van der Waals surface area contributed by atoms with Crippen LogP contribution in [-0.2, 0) is 6.42 Å². The van der Waals surface area contributed by atoms with Gasteiger partial charge < -0.3 is 15.5 Å². The molecule has 0 spiro atoms. The largest absolute Gasteiger partial charge is 0.378 e. The molecular weight excluding hydrogens is 222 g/mol. The van der Waals surface area contributed by atoms with Crippen molar-refractivity contribution in [2.24, 2.45) is 5.73 Å². The van der Waals surface area contributed by atoms with Gasteiger partial charge >= 0.3 is 0 Å². The van der Waals surface area contributed by atoms with Crippen LogP contribution in [0.25, 0.3) is 0 Å². The molecule has 2 rings (SSSR count). The Kier molecular flexibility index (Phi) is 3.93. The Hall–Kier alpha value is -1.06. The molecule has 0 saturated carbocycles. The van der Waals surface area contributed by atoms with E-state index in [-0.39, 0.29) is 5.54 Å². The van der Waals surface area contributed by atoms with Gasteiger partial charge in [0.2, 0.25) is 0 Å². The van der Waals surface area contributed by atoms with Gasteiger partial charge in [-0.15, -0.1) is 0 Å². The number of hydrogen-bond acceptors (Lipinski definition) is 3. The van der Waals surface area contributed by atoms with Gasteiger partial charge in [0.05, 0.1) is 0 Å². The topological polar surface area (TPSA) is 32.5 Å². The van der Waals surface area contributed by atoms with Gasteiger partial charge in [-0.05, 0) is 57.1 Å². The van der Waals surface area contributed by atoms with Crippen molar-refractivity contribution in [1.82, 2.24) is 4.90 Å². The molecule has 0 aliphatic carbocycles. The fourth-order valence-corrected chi connectivity index (χ4v) is 2.56. The van der Waals surface area contributed by atoms with Crippen LogP contribution in [0.2, 0.25) is 0 Å². The molecule has 0 unspecified atom stereocenters. The summed E-state index contributed by atoms with van der Waals surface area (Å²) >= 11 is 0. The highest BCUT2D eigenvalue weighted by Crippen LogP contribution is 2.24. The first-order valence-electron chi connectivity index (χ1n) is 6.72. The molecular formula is C15H25N3. The van der Waals surface area contributed by atoms with Crippen LogP contribution in [0.1, 0.15) is 18.4 Å². The second kappa shape index (κ2) is 5.29. The van der Waals surface area contributed by atoms with E-state index in [0.717, 1.165) is 32.4 Å². The van der Waals surface area contributed by atoms with Gasteiger partial charge in [0.1, 0.15) is 0 Å². The lowest BCUT2D eigenvalue weighted by atomic mass is 9.83. The summed E-state index contributed by atoms with van der Waals surface area (Å²) in [7, 11) is 6.30. The number of nitrogens with zero attached hydrogens (tertiary/aromatic N) is 2.